The molecule has 0 unspecified atom stereocenters. The van der Waals surface area contributed by atoms with E-state index in [-0.39, 0.29) is 18.7 Å². The Balaban J connectivity index is 2.07. The lowest BCUT2D eigenvalue weighted by atomic mass is 10.5. The van der Waals surface area contributed by atoms with Crippen LogP contribution in [-0.2, 0) is 19.0 Å². The summed E-state index contributed by atoms with van der Waals surface area (Å²) < 4.78 is 15.7. The van der Waals surface area contributed by atoms with Gasteiger partial charge >= 0.3 is 5.97 Å². The number of nitrogens with zero attached hydrogens (tertiary/aromatic N) is 2. The van der Waals surface area contributed by atoms with Crippen LogP contribution in [0.3, 0.4) is 0 Å². The predicted molar refractivity (Wildman–Crippen MR) is 66.5 cm³/mol. The van der Waals surface area contributed by atoms with Crippen molar-refractivity contribution in [2.75, 3.05) is 40.5 Å². The molecule has 6 heteroatoms. The zero-order valence-corrected chi connectivity index (χ0v) is 11.3. The number of hydrogen-bond acceptors (Lipinski definition) is 6. The Morgan fingerprint density at radius 1 is 1.11 bits per heavy atom. The van der Waals surface area contributed by atoms with Gasteiger partial charge in [-0.1, -0.05) is 0 Å². The quantitative estimate of drug-likeness (QED) is 0.469. The second kappa shape index (κ2) is 7.94. The van der Waals surface area contributed by atoms with Crippen LogP contribution in [0.5, 0.6) is 0 Å². The summed E-state index contributed by atoms with van der Waals surface area (Å²) in [6, 6.07) is 0. The van der Waals surface area contributed by atoms with Crippen molar-refractivity contribution in [3.05, 3.63) is 12.4 Å². The number of carbonyl (C=O) groups is 1. The molecule has 0 aromatic rings. The number of ether oxygens (including phenoxy) is 3. The summed E-state index contributed by atoms with van der Waals surface area (Å²) in [6.07, 6.45) is 3.62. The maximum Gasteiger partial charge on any atom is 0.311 e. The van der Waals surface area contributed by atoms with Crippen molar-refractivity contribution in [2.24, 2.45) is 0 Å². The van der Waals surface area contributed by atoms with Gasteiger partial charge in [0.05, 0.1) is 26.2 Å². The molecule has 0 fully saturated rings. The largest absolute Gasteiger partial charge is 0.422 e. The molecular weight excluding hydrogens is 236 g/mol. The van der Waals surface area contributed by atoms with Gasteiger partial charge in [0, 0.05) is 33.1 Å². The average Bonchev–Trinajstić information content (AvgIpc) is 2.65. The summed E-state index contributed by atoms with van der Waals surface area (Å²) in [4.78, 5) is 15.2. The Kier molecular flexibility index (Phi) is 6.53. The van der Waals surface area contributed by atoms with Crippen molar-refractivity contribution in [3.63, 3.8) is 0 Å². The SMILES string of the molecule is CCOCCOCCC(=O)OC1N(C)C=CN1C. The zero-order chi connectivity index (χ0) is 13.4. The zero-order valence-electron chi connectivity index (χ0n) is 11.3. The second-order valence-electron chi connectivity index (χ2n) is 4.00. The van der Waals surface area contributed by atoms with E-state index in [0.29, 0.717) is 26.4 Å². The molecule has 1 rings (SSSR count). The van der Waals surface area contributed by atoms with Crippen molar-refractivity contribution >= 4 is 5.97 Å². The van der Waals surface area contributed by atoms with Crippen LogP contribution in [0.4, 0.5) is 0 Å². The Hall–Kier alpha value is -1.27. The van der Waals surface area contributed by atoms with E-state index in [2.05, 4.69) is 0 Å². The van der Waals surface area contributed by atoms with Gasteiger partial charge in [-0.05, 0) is 6.92 Å². The molecule has 0 atom stereocenters. The molecular formula is C12H22N2O4. The van der Waals surface area contributed by atoms with Crippen molar-refractivity contribution in [2.45, 2.75) is 19.7 Å². The lowest BCUT2D eigenvalue weighted by Gasteiger charge is -2.26. The van der Waals surface area contributed by atoms with Crippen LogP contribution >= 0.6 is 0 Å². The van der Waals surface area contributed by atoms with Gasteiger partial charge in [-0.15, -0.1) is 0 Å². The van der Waals surface area contributed by atoms with E-state index in [9.17, 15) is 4.79 Å². The van der Waals surface area contributed by atoms with Crippen LogP contribution in [0.25, 0.3) is 0 Å². The first-order valence-corrected chi connectivity index (χ1v) is 6.12. The van der Waals surface area contributed by atoms with E-state index in [4.69, 9.17) is 14.2 Å². The molecule has 0 aliphatic carbocycles. The van der Waals surface area contributed by atoms with E-state index in [1.807, 2.05) is 43.2 Å². The number of rotatable bonds is 8. The topological polar surface area (TPSA) is 51.2 Å². The number of hydrogen-bond donors (Lipinski definition) is 0. The van der Waals surface area contributed by atoms with Crippen molar-refractivity contribution < 1.29 is 19.0 Å². The minimum Gasteiger partial charge on any atom is -0.422 e. The Morgan fingerprint density at radius 2 is 1.72 bits per heavy atom. The maximum absolute atomic E-state index is 11.6. The predicted octanol–water partition coefficient (Wildman–Crippen LogP) is 0.605. The number of esters is 1. The van der Waals surface area contributed by atoms with Gasteiger partial charge in [0.1, 0.15) is 0 Å². The minimum absolute atomic E-state index is 0.254. The van der Waals surface area contributed by atoms with Crippen LogP contribution in [0.15, 0.2) is 12.4 Å². The first kappa shape index (κ1) is 14.8. The molecule has 1 aliphatic rings. The monoisotopic (exact) mass is 258 g/mol. The van der Waals surface area contributed by atoms with Crippen molar-refractivity contribution in [1.82, 2.24) is 9.80 Å². The summed E-state index contributed by atoms with van der Waals surface area (Å²) in [6.45, 7) is 4.04. The van der Waals surface area contributed by atoms with Gasteiger partial charge < -0.3 is 24.0 Å². The maximum atomic E-state index is 11.6. The Labute approximate surface area is 108 Å². The molecule has 6 nitrogen and oxygen atoms in total. The summed E-state index contributed by atoms with van der Waals surface area (Å²) in [5, 5.41) is 0. The molecule has 1 heterocycles. The molecule has 0 radical (unpaired) electrons. The number of carbonyl (C=O) groups excluding carboxylic acids is 1. The molecule has 1 aliphatic heterocycles. The first-order valence-electron chi connectivity index (χ1n) is 6.12. The van der Waals surface area contributed by atoms with Gasteiger partial charge in [0.15, 0.2) is 0 Å². The Bertz CT molecular complexity index is 271. The highest BCUT2D eigenvalue weighted by atomic mass is 16.6. The van der Waals surface area contributed by atoms with Crippen LogP contribution < -0.4 is 0 Å². The second-order valence-corrected chi connectivity index (χ2v) is 4.00. The van der Waals surface area contributed by atoms with Crippen LogP contribution in [-0.4, -0.2) is 62.6 Å². The van der Waals surface area contributed by atoms with Crippen LogP contribution in [0, 0.1) is 0 Å². The van der Waals surface area contributed by atoms with Gasteiger partial charge in [0.25, 0.3) is 6.35 Å². The van der Waals surface area contributed by atoms with Gasteiger partial charge in [-0.2, -0.15) is 0 Å². The molecule has 0 saturated heterocycles. The highest BCUT2D eigenvalue weighted by Gasteiger charge is 2.24. The van der Waals surface area contributed by atoms with Crippen LogP contribution in [0.1, 0.15) is 13.3 Å². The molecule has 0 aromatic carbocycles. The smallest absolute Gasteiger partial charge is 0.311 e. The summed E-state index contributed by atoms with van der Waals surface area (Å²) in [5.41, 5.74) is 0. The molecule has 0 saturated carbocycles. The lowest BCUT2D eigenvalue weighted by molar-refractivity contribution is -0.166. The Morgan fingerprint density at radius 3 is 2.33 bits per heavy atom. The van der Waals surface area contributed by atoms with E-state index in [1.54, 1.807) is 0 Å². The standard InChI is InChI=1S/C12H22N2O4/c1-4-16-9-10-17-8-5-11(15)18-12-13(2)6-7-14(12)3/h6-7,12H,4-5,8-10H2,1-3H3. The van der Waals surface area contributed by atoms with E-state index in [1.165, 1.54) is 0 Å². The third-order valence-electron chi connectivity index (χ3n) is 2.50. The molecule has 104 valence electrons. The summed E-state index contributed by atoms with van der Waals surface area (Å²) in [5.74, 6) is -0.265. The highest BCUT2D eigenvalue weighted by Crippen LogP contribution is 2.12. The normalized spacial score (nSPS) is 15.5. The molecule has 0 amide bonds. The third-order valence-corrected chi connectivity index (χ3v) is 2.50. The van der Waals surface area contributed by atoms with Crippen molar-refractivity contribution in [3.8, 4) is 0 Å². The third kappa shape index (κ3) is 4.93. The van der Waals surface area contributed by atoms with Gasteiger partial charge in [0.2, 0.25) is 0 Å². The molecule has 18 heavy (non-hydrogen) atoms. The van der Waals surface area contributed by atoms with Crippen LogP contribution in [0.2, 0.25) is 0 Å². The first-order chi connectivity index (χ1) is 8.65. The minimum atomic E-state index is -0.346. The fourth-order valence-corrected chi connectivity index (χ4v) is 1.51. The average molecular weight is 258 g/mol. The summed E-state index contributed by atoms with van der Waals surface area (Å²) in [7, 11) is 3.72. The van der Waals surface area contributed by atoms with Gasteiger partial charge in [-0.25, -0.2) is 0 Å². The molecule has 0 N–H and O–H groups in total. The van der Waals surface area contributed by atoms with E-state index >= 15 is 0 Å². The van der Waals surface area contributed by atoms with E-state index in [0.717, 1.165) is 0 Å². The molecule has 0 spiro atoms. The summed E-state index contributed by atoms with van der Waals surface area (Å²) >= 11 is 0. The lowest BCUT2D eigenvalue weighted by Crippen LogP contribution is -2.38. The van der Waals surface area contributed by atoms with Gasteiger partial charge in [-0.3, -0.25) is 4.79 Å². The molecule has 0 bridgehead atoms. The molecule has 0 aromatic heterocycles. The highest BCUT2D eigenvalue weighted by molar-refractivity contribution is 5.69. The fourth-order valence-electron chi connectivity index (χ4n) is 1.51. The van der Waals surface area contributed by atoms with E-state index < -0.39 is 0 Å². The fraction of sp³-hybridized carbons (Fsp3) is 0.750. The van der Waals surface area contributed by atoms with Crippen molar-refractivity contribution in [1.29, 1.82) is 0 Å².